The summed E-state index contributed by atoms with van der Waals surface area (Å²) >= 11 is 1.71. The molecule has 5 heterocycles. The average Bonchev–Trinajstić information content (AvgIpc) is 3.39. The van der Waals surface area contributed by atoms with Crippen molar-refractivity contribution in [2.24, 2.45) is 0 Å². The van der Waals surface area contributed by atoms with Crippen molar-refractivity contribution >= 4 is 54.6 Å². The van der Waals surface area contributed by atoms with Gasteiger partial charge in [0.2, 0.25) is 5.91 Å². The molecule has 10 heteroatoms. The number of anilines is 2. The first-order valence-corrected chi connectivity index (χ1v) is 14.9. The number of fused-ring (bicyclic) bond motifs is 4. The zero-order valence-electron chi connectivity index (χ0n) is 22.7. The summed E-state index contributed by atoms with van der Waals surface area (Å²) in [6.07, 6.45) is 2.22. The van der Waals surface area contributed by atoms with Crippen LogP contribution in [-0.2, 0) is 14.3 Å². The molecule has 41 heavy (non-hydrogen) atoms. The van der Waals surface area contributed by atoms with Crippen LogP contribution in [0.5, 0.6) is 0 Å². The molecule has 0 radical (unpaired) electrons. The monoisotopic (exact) mass is 569 g/mol. The summed E-state index contributed by atoms with van der Waals surface area (Å²) in [6.45, 7) is 6.61. The number of nitrogens with one attached hydrogen (secondary N) is 1. The topological polar surface area (TPSA) is 88.4 Å². The van der Waals surface area contributed by atoms with Crippen LogP contribution in [0.2, 0.25) is 0 Å². The highest BCUT2D eigenvalue weighted by Crippen LogP contribution is 2.41. The molecule has 2 aliphatic heterocycles. The number of thiophene rings is 1. The molecule has 2 aliphatic rings. The molecule has 0 unspecified atom stereocenters. The second-order valence-corrected chi connectivity index (χ2v) is 11.5. The third-order valence-corrected chi connectivity index (χ3v) is 9.06. The van der Waals surface area contributed by atoms with Crippen molar-refractivity contribution in [1.82, 2.24) is 14.3 Å². The highest BCUT2D eigenvalue weighted by Gasteiger charge is 2.18. The third kappa shape index (κ3) is 5.19. The molecule has 0 atom stereocenters. The smallest absolute Gasteiger partial charge is 0.259 e. The summed E-state index contributed by atoms with van der Waals surface area (Å²) in [5.41, 5.74) is 3.27. The highest BCUT2D eigenvalue weighted by molar-refractivity contribution is 7.26. The number of ether oxygens (including phenoxy) is 2. The van der Waals surface area contributed by atoms with E-state index in [4.69, 9.17) is 14.5 Å². The zero-order chi connectivity index (χ0) is 27.8. The van der Waals surface area contributed by atoms with E-state index in [-0.39, 0.29) is 11.5 Å². The Morgan fingerprint density at radius 3 is 2.51 bits per heavy atom. The molecule has 0 bridgehead atoms. The highest BCUT2D eigenvalue weighted by atomic mass is 32.1. The van der Waals surface area contributed by atoms with E-state index >= 15 is 0 Å². The fourth-order valence-corrected chi connectivity index (χ4v) is 6.88. The molecule has 9 nitrogen and oxygen atoms in total. The van der Waals surface area contributed by atoms with E-state index in [2.05, 4.69) is 39.4 Å². The van der Waals surface area contributed by atoms with E-state index in [0.717, 1.165) is 69.8 Å². The Balaban J connectivity index is 1.23. The Morgan fingerprint density at radius 2 is 1.68 bits per heavy atom. The number of hydrogen-bond donors (Lipinski definition) is 1. The number of amides is 1. The number of morpholine rings is 2. The lowest BCUT2D eigenvalue weighted by atomic mass is 10.0. The fraction of sp³-hybridized carbons (Fsp3) is 0.323. The van der Waals surface area contributed by atoms with Crippen LogP contribution in [0.4, 0.5) is 11.5 Å². The van der Waals surface area contributed by atoms with Gasteiger partial charge in [-0.05, 0) is 30.3 Å². The summed E-state index contributed by atoms with van der Waals surface area (Å²) in [5.74, 6) is 0.697. The molecule has 1 N–H and O–H groups in total. The minimum Gasteiger partial charge on any atom is -0.379 e. The van der Waals surface area contributed by atoms with Gasteiger partial charge in [-0.1, -0.05) is 18.2 Å². The van der Waals surface area contributed by atoms with E-state index in [1.165, 1.54) is 0 Å². The summed E-state index contributed by atoms with van der Waals surface area (Å²) in [5, 5.41) is 5.29. The van der Waals surface area contributed by atoms with Gasteiger partial charge in [0.05, 0.1) is 26.4 Å². The quantitative estimate of drug-likeness (QED) is 0.328. The number of aromatic nitrogens is 2. The Bertz CT molecular complexity index is 1800. The molecule has 1 amide bonds. The number of benzene rings is 2. The van der Waals surface area contributed by atoms with Crippen molar-refractivity contribution in [3.8, 4) is 11.1 Å². The zero-order valence-corrected chi connectivity index (χ0v) is 23.5. The van der Waals surface area contributed by atoms with Crippen LogP contribution in [0, 0.1) is 0 Å². The standard InChI is InChI=1S/C31H31N5O4S/c37-28(8-10-34-11-15-39-16-12-34)32-21-6-7-26-25(19-21)23-4-1-3-22(30(23)41-26)24-5-2-9-36-29(38)20-27(33-31(24)36)35-13-17-40-18-14-35/h1-7,9,19-20H,8,10-18H2,(H,32,37). The van der Waals surface area contributed by atoms with Crippen LogP contribution in [0.3, 0.4) is 0 Å². The number of nitrogens with zero attached hydrogens (tertiary/aromatic N) is 4. The second-order valence-electron chi connectivity index (χ2n) is 10.4. The number of carbonyl (C=O) groups is 1. The normalized spacial score (nSPS) is 16.5. The maximum Gasteiger partial charge on any atom is 0.259 e. The molecule has 0 saturated carbocycles. The van der Waals surface area contributed by atoms with Crippen LogP contribution >= 0.6 is 11.3 Å². The predicted molar refractivity (Wildman–Crippen MR) is 163 cm³/mol. The van der Waals surface area contributed by atoms with Crippen molar-refractivity contribution < 1.29 is 14.3 Å². The first kappa shape index (κ1) is 26.1. The predicted octanol–water partition coefficient (Wildman–Crippen LogP) is 4.23. The number of carbonyl (C=O) groups excluding carboxylic acids is 1. The van der Waals surface area contributed by atoms with Gasteiger partial charge >= 0.3 is 0 Å². The lowest BCUT2D eigenvalue weighted by Crippen LogP contribution is -2.38. The van der Waals surface area contributed by atoms with Crippen LogP contribution < -0.4 is 15.8 Å². The summed E-state index contributed by atoms with van der Waals surface area (Å²) < 4.78 is 14.8. The van der Waals surface area contributed by atoms with E-state index < -0.39 is 0 Å². The van der Waals surface area contributed by atoms with Gasteiger partial charge in [0.25, 0.3) is 5.56 Å². The third-order valence-electron chi connectivity index (χ3n) is 7.84. The number of hydrogen-bond acceptors (Lipinski definition) is 8. The van der Waals surface area contributed by atoms with Gasteiger partial charge in [0, 0.05) is 88.4 Å². The van der Waals surface area contributed by atoms with Crippen molar-refractivity contribution in [3.63, 3.8) is 0 Å². The summed E-state index contributed by atoms with van der Waals surface area (Å²) in [4.78, 5) is 35.2. The molecule has 0 aliphatic carbocycles. The van der Waals surface area contributed by atoms with Crippen molar-refractivity contribution in [1.29, 1.82) is 0 Å². The molecule has 0 spiro atoms. The van der Waals surface area contributed by atoms with Gasteiger partial charge in [0.15, 0.2) is 0 Å². The molecular weight excluding hydrogens is 538 g/mol. The van der Waals surface area contributed by atoms with Crippen LogP contribution in [0.15, 0.2) is 65.6 Å². The van der Waals surface area contributed by atoms with Crippen molar-refractivity contribution in [2.45, 2.75) is 6.42 Å². The van der Waals surface area contributed by atoms with Gasteiger partial charge < -0.3 is 19.7 Å². The van der Waals surface area contributed by atoms with Crippen LogP contribution in [0.25, 0.3) is 36.9 Å². The molecule has 2 aromatic carbocycles. The minimum absolute atomic E-state index is 0.0133. The van der Waals surface area contributed by atoms with Gasteiger partial charge in [-0.3, -0.25) is 18.9 Å². The molecule has 5 aromatic rings. The lowest BCUT2D eigenvalue weighted by Gasteiger charge is -2.27. The molecule has 7 rings (SSSR count). The largest absolute Gasteiger partial charge is 0.379 e. The second kappa shape index (κ2) is 11.2. The summed E-state index contributed by atoms with van der Waals surface area (Å²) in [6, 6.07) is 17.9. The van der Waals surface area contributed by atoms with Crippen LogP contribution in [0.1, 0.15) is 6.42 Å². The van der Waals surface area contributed by atoms with Gasteiger partial charge in [-0.25, -0.2) is 4.98 Å². The fourth-order valence-electron chi connectivity index (χ4n) is 5.67. The number of pyridine rings is 1. The first-order chi connectivity index (χ1) is 20.1. The summed E-state index contributed by atoms with van der Waals surface area (Å²) in [7, 11) is 0. The Morgan fingerprint density at radius 1 is 0.902 bits per heavy atom. The van der Waals surface area contributed by atoms with Gasteiger partial charge in [-0.15, -0.1) is 11.3 Å². The maximum absolute atomic E-state index is 13.1. The number of rotatable bonds is 6. The minimum atomic E-state index is -0.101. The van der Waals surface area contributed by atoms with E-state index in [1.54, 1.807) is 28.0 Å². The van der Waals surface area contributed by atoms with Gasteiger partial charge in [-0.2, -0.15) is 0 Å². The van der Waals surface area contributed by atoms with E-state index in [9.17, 15) is 9.59 Å². The molecule has 2 fully saturated rings. The average molecular weight is 570 g/mol. The Hall–Kier alpha value is -3.83. The van der Waals surface area contributed by atoms with Crippen LogP contribution in [-0.4, -0.2) is 79.3 Å². The van der Waals surface area contributed by atoms with E-state index in [1.807, 2.05) is 24.3 Å². The maximum atomic E-state index is 13.1. The van der Waals surface area contributed by atoms with Gasteiger partial charge in [0.1, 0.15) is 11.5 Å². The SMILES string of the molecule is O=C(CCN1CCOCC1)Nc1ccc2sc3c(-c4cccn5c(=O)cc(N6CCOCC6)nc45)cccc3c2c1. The van der Waals surface area contributed by atoms with Crippen molar-refractivity contribution in [2.75, 3.05) is 69.4 Å². The first-order valence-electron chi connectivity index (χ1n) is 14.0. The Labute approximate surface area is 240 Å². The lowest BCUT2D eigenvalue weighted by molar-refractivity contribution is -0.116. The Kier molecular flexibility index (Phi) is 7.14. The van der Waals surface area contributed by atoms with Crippen molar-refractivity contribution in [3.05, 3.63) is 71.1 Å². The molecular formula is C31H31N5O4S. The molecule has 3 aromatic heterocycles. The molecule has 210 valence electrons. The van der Waals surface area contributed by atoms with E-state index in [0.29, 0.717) is 44.2 Å². The molecule has 2 saturated heterocycles.